The Kier molecular flexibility index (Phi) is 2.56. The summed E-state index contributed by atoms with van der Waals surface area (Å²) in [4.78, 5) is 3.84. The highest BCUT2D eigenvalue weighted by atomic mass is 32.2. The number of hydrogen-bond donors (Lipinski definition) is 1. The molecule has 0 spiro atoms. The van der Waals surface area contributed by atoms with Crippen LogP contribution in [0, 0.1) is 0 Å². The molecule has 0 saturated carbocycles. The zero-order valence-corrected chi connectivity index (χ0v) is 8.38. The molecular weight excluding hydrogens is 188 g/mol. The number of nitrogens with two attached hydrogens (primary N) is 1. The topological polar surface area (TPSA) is 73.0 Å². The second kappa shape index (κ2) is 3.33. The molecule has 5 heteroatoms. The number of rotatable bonds is 2. The summed E-state index contributed by atoms with van der Waals surface area (Å²) in [6.07, 6.45) is 1.47. The first-order chi connectivity index (χ1) is 5.96. The van der Waals surface area contributed by atoms with E-state index in [2.05, 4.69) is 4.98 Å². The van der Waals surface area contributed by atoms with Crippen LogP contribution in [-0.2, 0) is 9.84 Å². The number of nitrogens with zero attached hydrogens (tertiary/aromatic N) is 1. The van der Waals surface area contributed by atoms with Gasteiger partial charge in [-0.25, -0.2) is 13.4 Å². The monoisotopic (exact) mass is 200 g/mol. The SMILES string of the molecule is CC(C)S(=O)(=O)c1cccnc1N. The van der Waals surface area contributed by atoms with Crippen LogP contribution < -0.4 is 5.73 Å². The first-order valence-electron chi connectivity index (χ1n) is 3.90. The van der Waals surface area contributed by atoms with Crippen molar-refractivity contribution in [1.29, 1.82) is 0 Å². The molecule has 0 radical (unpaired) electrons. The predicted octanol–water partition coefficient (Wildman–Crippen LogP) is 0.846. The van der Waals surface area contributed by atoms with Gasteiger partial charge in [0.25, 0.3) is 0 Å². The Morgan fingerprint density at radius 3 is 2.54 bits per heavy atom. The van der Waals surface area contributed by atoms with E-state index in [9.17, 15) is 8.42 Å². The van der Waals surface area contributed by atoms with Crippen molar-refractivity contribution in [2.45, 2.75) is 24.0 Å². The summed E-state index contributed by atoms with van der Waals surface area (Å²) in [5, 5.41) is -0.473. The molecule has 72 valence electrons. The van der Waals surface area contributed by atoms with E-state index in [1.165, 1.54) is 12.3 Å². The minimum Gasteiger partial charge on any atom is -0.383 e. The maximum Gasteiger partial charge on any atom is 0.184 e. The molecule has 0 saturated heterocycles. The fourth-order valence-electron chi connectivity index (χ4n) is 0.897. The van der Waals surface area contributed by atoms with E-state index in [-0.39, 0.29) is 10.7 Å². The summed E-state index contributed by atoms with van der Waals surface area (Å²) in [6, 6.07) is 3.03. The van der Waals surface area contributed by atoms with Gasteiger partial charge in [-0.3, -0.25) is 0 Å². The Hall–Kier alpha value is -1.10. The number of nitrogen functional groups attached to an aromatic ring is 1. The maximum atomic E-state index is 11.6. The maximum absolute atomic E-state index is 11.6. The molecule has 13 heavy (non-hydrogen) atoms. The number of anilines is 1. The van der Waals surface area contributed by atoms with Gasteiger partial charge in [0.2, 0.25) is 0 Å². The molecule has 0 amide bonds. The summed E-state index contributed by atoms with van der Waals surface area (Å²) in [6.45, 7) is 3.23. The third-order valence-corrected chi connectivity index (χ3v) is 3.93. The predicted molar refractivity (Wildman–Crippen MR) is 51.0 cm³/mol. The van der Waals surface area contributed by atoms with Crippen LogP contribution in [0.4, 0.5) is 5.82 Å². The van der Waals surface area contributed by atoms with Gasteiger partial charge in [0.1, 0.15) is 10.7 Å². The molecule has 1 aromatic rings. The van der Waals surface area contributed by atoms with Crippen molar-refractivity contribution in [3.05, 3.63) is 18.3 Å². The van der Waals surface area contributed by atoms with Crippen molar-refractivity contribution in [3.8, 4) is 0 Å². The van der Waals surface area contributed by atoms with Crippen molar-refractivity contribution < 1.29 is 8.42 Å². The van der Waals surface area contributed by atoms with Crippen LogP contribution in [0.5, 0.6) is 0 Å². The van der Waals surface area contributed by atoms with Gasteiger partial charge in [-0.2, -0.15) is 0 Å². The van der Waals surface area contributed by atoms with E-state index < -0.39 is 15.1 Å². The lowest BCUT2D eigenvalue weighted by Crippen LogP contribution is -2.16. The van der Waals surface area contributed by atoms with Crippen molar-refractivity contribution in [1.82, 2.24) is 4.98 Å². The molecule has 0 unspecified atom stereocenters. The molecule has 0 bridgehead atoms. The second-order valence-electron chi connectivity index (χ2n) is 2.98. The third kappa shape index (κ3) is 1.80. The van der Waals surface area contributed by atoms with E-state index in [0.717, 1.165) is 0 Å². The largest absolute Gasteiger partial charge is 0.383 e. The molecule has 2 N–H and O–H groups in total. The molecule has 0 aliphatic carbocycles. The van der Waals surface area contributed by atoms with Gasteiger partial charge in [0, 0.05) is 6.20 Å². The molecule has 0 aliphatic heterocycles. The van der Waals surface area contributed by atoms with E-state index in [0.29, 0.717) is 0 Å². The molecule has 1 heterocycles. The van der Waals surface area contributed by atoms with Crippen LogP contribution in [-0.4, -0.2) is 18.7 Å². The van der Waals surface area contributed by atoms with E-state index in [1.54, 1.807) is 19.9 Å². The molecule has 0 aliphatic rings. The van der Waals surface area contributed by atoms with Gasteiger partial charge in [-0.1, -0.05) is 0 Å². The highest BCUT2D eigenvalue weighted by Crippen LogP contribution is 2.19. The quantitative estimate of drug-likeness (QED) is 0.768. The number of aromatic nitrogens is 1. The third-order valence-electron chi connectivity index (χ3n) is 1.73. The fourth-order valence-corrected chi connectivity index (χ4v) is 2.02. The van der Waals surface area contributed by atoms with Crippen molar-refractivity contribution in [2.24, 2.45) is 0 Å². The van der Waals surface area contributed by atoms with Crippen LogP contribution in [0.3, 0.4) is 0 Å². The number of sulfone groups is 1. The lowest BCUT2D eigenvalue weighted by Gasteiger charge is -2.08. The lowest BCUT2D eigenvalue weighted by molar-refractivity contribution is 0.587. The molecular formula is C8H12N2O2S. The average molecular weight is 200 g/mol. The Bertz CT molecular complexity index is 398. The zero-order chi connectivity index (χ0) is 10.1. The van der Waals surface area contributed by atoms with Crippen molar-refractivity contribution in [3.63, 3.8) is 0 Å². The second-order valence-corrected chi connectivity index (χ2v) is 5.45. The zero-order valence-electron chi connectivity index (χ0n) is 7.56. The first-order valence-corrected chi connectivity index (χ1v) is 5.45. The summed E-state index contributed by atoms with van der Waals surface area (Å²) in [5.74, 6) is 0.0659. The molecule has 0 fully saturated rings. The Labute approximate surface area is 77.7 Å². The van der Waals surface area contributed by atoms with Gasteiger partial charge in [-0.05, 0) is 26.0 Å². The molecule has 1 rings (SSSR count). The minimum atomic E-state index is -3.30. The smallest absolute Gasteiger partial charge is 0.184 e. The first kappa shape index (κ1) is 9.98. The Morgan fingerprint density at radius 1 is 1.46 bits per heavy atom. The van der Waals surface area contributed by atoms with Crippen molar-refractivity contribution in [2.75, 3.05) is 5.73 Å². The summed E-state index contributed by atoms with van der Waals surface area (Å²) in [5.41, 5.74) is 5.45. The van der Waals surface area contributed by atoms with Crippen LogP contribution in [0.2, 0.25) is 0 Å². The highest BCUT2D eigenvalue weighted by molar-refractivity contribution is 7.92. The fraction of sp³-hybridized carbons (Fsp3) is 0.375. The van der Waals surface area contributed by atoms with Crippen LogP contribution in [0.15, 0.2) is 23.2 Å². The van der Waals surface area contributed by atoms with Crippen LogP contribution in [0.25, 0.3) is 0 Å². The average Bonchev–Trinajstić information content (AvgIpc) is 2.04. The Balaban J connectivity index is 3.32. The van der Waals surface area contributed by atoms with E-state index in [1.807, 2.05) is 0 Å². The molecule has 1 aromatic heterocycles. The minimum absolute atomic E-state index is 0.0659. The van der Waals surface area contributed by atoms with Gasteiger partial charge < -0.3 is 5.73 Å². The number of pyridine rings is 1. The Morgan fingerprint density at radius 2 is 2.08 bits per heavy atom. The molecule has 0 atom stereocenters. The lowest BCUT2D eigenvalue weighted by atomic mass is 10.5. The van der Waals surface area contributed by atoms with Crippen molar-refractivity contribution >= 4 is 15.7 Å². The highest BCUT2D eigenvalue weighted by Gasteiger charge is 2.21. The summed E-state index contributed by atoms with van der Waals surface area (Å²) >= 11 is 0. The summed E-state index contributed by atoms with van der Waals surface area (Å²) < 4.78 is 23.3. The van der Waals surface area contributed by atoms with Gasteiger partial charge >= 0.3 is 0 Å². The van der Waals surface area contributed by atoms with E-state index >= 15 is 0 Å². The normalized spacial score (nSPS) is 11.9. The summed E-state index contributed by atoms with van der Waals surface area (Å²) in [7, 11) is -3.30. The van der Waals surface area contributed by atoms with Gasteiger partial charge in [0.05, 0.1) is 5.25 Å². The van der Waals surface area contributed by atoms with E-state index in [4.69, 9.17) is 5.73 Å². The number of hydrogen-bond acceptors (Lipinski definition) is 4. The molecule has 0 aromatic carbocycles. The van der Waals surface area contributed by atoms with Gasteiger partial charge in [0.15, 0.2) is 9.84 Å². The standard InChI is InChI=1S/C8H12N2O2S/c1-6(2)13(11,12)7-4-3-5-10-8(7)9/h3-6H,1-2H3,(H2,9,10). The molecule has 4 nitrogen and oxygen atoms in total. The van der Waals surface area contributed by atoms with Crippen LogP contribution in [0.1, 0.15) is 13.8 Å². The van der Waals surface area contributed by atoms with Crippen LogP contribution >= 0.6 is 0 Å². The van der Waals surface area contributed by atoms with Gasteiger partial charge in [-0.15, -0.1) is 0 Å².